The molecular weight excluding hydrogens is 446 g/mol. The van der Waals surface area contributed by atoms with E-state index in [1.54, 1.807) is 24.4 Å². The van der Waals surface area contributed by atoms with Crippen molar-refractivity contribution in [1.29, 1.82) is 0 Å². The number of benzene rings is 1. The minimum Gasteiger partial charge on any atom is -0.494 e. The van der Waals surface area contributed by atoms with Crippen LogP contribution in [0.4, 0.5) is 0 Å². The van der Waals surface area contributed by atoms with Crippen molar-refractivity contribution < 1.29 is 13.2 Å². The van der Waals surface area contributed by atoms with Crippen LogP contribution >= 0.6 is 27.5 Å². The molecule has 0 amide bonds. The van der Waals surface area contributed by atoms with Gasteiger partial charge in [0.2, 0.25) is 10.0 Å². The first-order valence-corrected chi connectivity index (χ1v) is 9.89. The quantitative estimate of drug-likeness (QED) is 0.609. The van der Waals surface area contributed by atoms with Crippen LogP contribution in [0.25, 0.3) is 5.82 Å². The largest absolute Gasteiger partial charge is 0.494 e. The van der Waals surface area contributed by atoms with Gasteiger partial charge in [-0.2, -0.15) is 5.10 Å². The lowest BCUT2D eigenvalue weighted by atomic mass is 10.2. The van der Waals surface area contributed by atoms with Crippen molar-refractivity contribution in [3.05, 3.63) is 58.2 Å². The summed E-state index contributed by atoms with van der Waals surface area (Å²) in [4.78, 5) is 8.04. The van der Waals surface area contributed by atoms with Crippen LogP contribution in [0, 0.1) is 0 Å². The first-order chi connectivity index (χ1) is 12.4. The summed E-state index contributed by atoms with van der Waals surface area (Å²) in [6, 6.07) is 6.34. The molecule has 0 spiro atoms. The zero-order valence-electron chi connectivity index (χ0n) is 13.4. The fraction of sp³-hybridized carbons (Fsp3) is 0.133. The third kappa shape index (κ3) is 3.88. The average Bonchev–Trinajstić information content (AvgIpc) is 3.14. The second-order valence-corrected chi connectivity index (χ2v) is 8.10. The Labute approximate surface area is 163 Å². The lowest BCUT2D eigenvalue weighted by Gasteiger charge is -2.13. The molecule has 0 aliphatic rings. The molecule has 0 aliphatic heterocycles. The van der Waals surface area contributed by atoms with Gasteiger partial charge in [0, 0.05) is 23.3 Å². The number of pyridine rings is 1. The van der Waals surface area contributed by atoms with Crippen LogP contribution in [-0.4, -0.2) is 35.3 Å². The van der Waals surface area contributed by atoms with Gasteiger partial charge in [0.1, 0.15) is 17.6 Å². The molecule has 0 unspecified atom stereocenters. The van der Waals surface area contributed by atoms with E-state index in [1.165, 1.54) is 30.5 Å². The molecule has 11 heteroatoms. The summed E-state index contributed by atoms with van der Waals surface area (Å²) < 4.78 is 35.2. The number of halogens is 2. The molecule has 0 radical (unpaired) electrons. The first-order valence-electron chi connectivity index (χ1n) is 7.24. The summed E-state index contributed by atoms with van der Waals surface area (Å²) in [5, 5.41) is 4.29. The van der Waals surface area contributed by atoms with Gasteiger partial charge >= 0.3 is 0 Å². The number of hydrogen-bond donors (Lipinski definition) is 1. The molecular formula is C15H13BrClN5O3S. The highest BCUT2D eigenvalue weighted by Gasteiger charge is 2.23. The summed E-state index contributed by atoms with van der Waals surface area (Å²) in [7, 11) is -2.51. The van der Waals surface area contributed by atoms with Crippen LogP contribution in [0.2, 0.25) is 5.02 Å². The van der Waals surface area contributed by atoms with Crippen LogP contribution < -0.4 is 9.46 Å². The molecule has 3 rings (SSSR count). The predicted octanol–water partition coefficient (Wildman–Crippen LogP) is 2.57. The maximum absolute atomic E-state index is 12.8. The minimum absolute atomic E-state index is 0.00134. The van der Waals surface area contributed by atoms with Gasteiger partial charge in [-0.05, 0) is 34.1 Å². The third-order valence-corrected chi connectivity index (χ3v) is 5.64. The van der Waals surface area contributed by atoms with E-state index in [4.69, 9.17) is 16.3 Å². The molecule has 8 nitrogen and oxygen atoms in total. The molecule has 0 bridgehead atoms. The van der Waals surface area contributed by atoms with Gasteiger partial charge in [0.25, 0.3) is 0 Å². The molecule has 2 heterocycles. The van der Waals surface area contributed by atoms with Crippen LogP contribution in [-0.2, 0) is 16.6 Å². The lowest BCUT2D eigenvalue weighted by molar-refractivity contribution is 0.399. The number of hydrogen-bond acceptors (Lipinski definition) is 6. The van der Waals surface area contributed by atoms with Gasteiger partial charge in [0.15, 0.2) is 11.6 Å². The Kier molecular flexibility index (Phi) is 5.56. The highest BCUT2D eigenvalue weighted by atomic mass is 79.9. The summed E-state index contributed by atoms with van der Waals surface area (Å²) in [5.74, 6) is 0.650. The Morgan fingerprint density at radius 1 is 1.38 bits per heavy atom. The molecule has 0 fully saturated rings. The monoisotopic (exact) mass is 457 g/mol. The maximum Gasteiger partial charge on any atom is 0.244 e. The molecule has 0 saturated heterocycles. The average molecular weight is 459 g/mol. The molecule has 0 atom stereocenters. The predicted molar refractivity (Wildman–Crippen MR) is 98.9 cm³/mol. The van der Waals surface area contributed by atoms with Crippen LogP contribution in [0.5, 0.6) is 5.75 Å². The van der Waals surface area contributed by atoms with E-state index in [1.807, 2.05) is 0 Å². The van der Waals surface area contributed by atoms with Crippen LogP contribution in [0.3, 0.4) is 0 Å². The molecule has 0 aliphatic carbocycles. The van der Waals surface area contributed by atoms with Crippen molar-refractivity contribution in [2.45, 2.75) is 11.4 Å². The highest BCUT2D eigenvalue weighted by molar-refractivity contribution is 9.10. The van der Waals surface area contributed by atoms with Crippen LogP contribution in [0.15, 0.2) is 52.5 Å². The van der Waals surface area contributed by atoms with Crippen molar-refractivity contribution in [3.8, 4) is 11.6 Å². The lowest BCUT2D eigenvalue weighted by Crippen LogP contribution is -2.25. The number of sulfonamides is 1. The molecule has 136 valence electrons. The zero-order valence-corrected chi connectivity index (χ0v) is 16.6. The first kappa shape index (κ1) is 18.8. The van der Waals surface area contributed by atoms with E-state index in [2.05, 4.69) is 35.7 Å². The summed E-state index contributed by atoms with van der Waals surface area (Å²) in [5.41, 5.74) is 0.627. The highest BCUT2D eigenvalue weighted by Crippen LogP contribution is 2.35. The number of ether oxygens (including phenoxy) is 1. The smallest absolute Gasteiger partial charge is 0.244 e. The Morgan fingerprint density at radius 3 is 2.88 bits per heavy atom. The fourth-order valence-electron chi connectivity index (χ4n) is 2.28. The van der Waals surface area contributed by atoms with E-state index in [9.17, 15) is 8.42 Å². The Bertz CT molecular complexity index is 1030. The van der Waals surface area contributed by atoms with Gasteiger partial charge in [-0.3, -0.25) is 0 Å². The number of rotatable bonds is 6. The van der Waals surface area contributed by atoms with Gasteiger partial charge in [0.05, 0.1) is 11.6 Å². The molecule has 0 saturated carbocycles. The second-order valence-electron chi connectivity index (χ2n) is 5.07. The Hall–Kier alpha value is -2.01. The maximum atomic E-state index is 12.8. The van der Waals surface area contributed by atoms with Gasteiger partial charge in [-0.15, -0.1) is 0 Å². The van der Waals surface area contributed by atoms with Gasteiger partial charge < -0.3 is 4.74 Å². The van der Waals surface area contributed by atoms with E-state index >= 15 is 0 Å². The summed E-state index contributed by atoms with van der Waals surface area (Å²) >= 11 is 9.24. The molecule has 3 aromatic rings. The van der Waals surface area contributed by atoms with Crippen molar-refractivity contribution in [3.63, 3.8) is 0 Å². The number of methoxy groups -OCH3 is 1. The van der Waals surface area contributed by atoms with E-state index < -0.39 is 10.0 Å². The SMILES string of the molecule is COc1c(Br)cc(Cl)cc1S(=O)(=O)NCc1cccnc1-n1cncn1. The van der Waals surface area contributed by atoms with E-state index in [0.717, 1.165) is 0 Å². The van der Waals surface area contributed by atoms with Gasteiger partial charge in [-0.25, -0.2) is 27.8 Å². The number of nitrogens with zero attached hydrogens (tertiary/aromatic N) is 4. The van der Waals surface area contributed by atoms with E-state index in [-0.39, 0.29) is 22.2 Å². The molecule has 26 heavy (non-hydrogen) atoms. The number of aromatic nitrogens is 4. The number of nitrogens with one attached hydrogen (secondary N) is 1. The van der Waals surface area contributed by atoms with Crippen molar-refractivity contribution >= 4 is 37.6 Å². The van der Waals surface area contributed by atoms with Crippen molar-refractivity contribution in [1.82, 2.24) is 24.5 Å². The standard InChI is InChI=1S/C15H13BrClN5O3S/c1-25-14-12(16)5-11(17)6-13(14)26(23,24)21-7-10-3-2-4-19-15(10)22-9-18-8-20-22/h2-6,8-9,21H,7H2,1H3. The molecule has 2 aromatic heterocycles. The Balaban J connectivity index is 1.92. The Morgan fingerprint density at radius 2 is 2.19 bits per heavy atom. The zero-order chi connectivity index (χ0) is 18.7. The van der Waals surface area contributed by atoms with E-state index in [0.29, 0.717) is 15.9 Å². The summed E-state index contributed by atoms with van der Waals surface area (Å²) in [6.45, 7) is -0.00134. The topological polar surface area (TPSA) is 99.0 Å². The van der Waals surface area contributed by atoms with Crippen molar-refractivity contribution in [2.24, 2.45) is 0 Å². The van der Waals surface area contributed by atoms with Crippen molar-refractivity contribution in [2.75, 3.05) is 7.11 Å². The summed E-state index contributed by atoms with van der Waals surface area (Å²) in [6.07, 6.45) is 4.44. The van der Waals surface area contributed by atoms with Crippen LogP contribution in [0.1, 0.15) is 5.56 Å². The minimum atomic E-state index is -3.89. The second kappa shape index (κ2) is 7.70. The fourth-order valence-corrected chi connectivity index (χ4v) is 4.67. The molecule has 1 N–H and O–H groups in total. The van der Waals surface area contributed by atoms with Gasteiger partial charge in [-0.1, -0.05) is 17.7 Å². The normalized spacial score (nSPS) is 11.5. The third-order valence-electron chi connectivity index (χ3n) is 3.42. The molecule has 1 aromatic carbocycles.